The number of rotatable bonds is 5. The van der Waals surface area contributed by atoms with Gasteiger partial charge in [0.1, 0.15) is 9.23 Å². The first-order chi connectivity index (χ1) is 8.37. The fourth-order valence-corrected chi connectivity index (χ4v) is 5.49. The molecule has 4 nitrogen and oxygen atoms in total. The highest BCUT2D eigenvalue weighted by molar-refractivity contribution is 7.89. The van der Waals surface area contributed by atoms with Crippen LogP contribution in [0.5, 0.6) is 0 Å². The summed E-state index contributed by atoms with van der Waals surface area (Å²) in [5, 5.41) is 0. The molecule has 2 rings (SSSR count). The lowest BCUT2D eigenvalue weighted by Crippen LogP contribution is -2.43. The lowest BCUT2D eigenvalue weighted by atomic mass is 10.2. The van der Waals surface area contributed by atoms with Gasteiger partial charge in [-0.05, 0) is 24.8 Å². The standard InChI is InChI=1S/C10H14Cl2N2O2S2/c1-14(7(5-13)6-2-3-6)18(15,16)8-4-9(11)17-10(8)12/h4,6-7H,2-3,5,13H2,1H3. The summed E-state index contributed by atoms with van der Waals surface area (Å²) >= 11 is 12.8. The van der Waals surface area contributed by atoms with Crippen LogP contribution in [0.3, 0.4) is 0 Å². The average Bonchev–Trinajstić information content (AvgIpc) is 3.05. The number of nitrogens with two attached hydrogens (primary N) is 1. The van der Waals surface area contributed by atoms with Crippen molar-refractivity contribution < 1.29 is 8.42 Å². The van der Waals surface area contributed by atoms with Crippen molar-refractivity contribution in [1.82, 2.24) is 4.31 Å². The van der Waals surface area contributed by atoms with Gasteiger partial charge in [-0.1, -0.05) is 23.2 Å². The molecule has 1 aromatic heterocycles. The molecule has 1 fully saturated rings. The minimum Gasteiger partial charge on any atom is -0.329 e. The molecule has 0 aliphatic heterocycles. The molecule has 102 valence electrons. The molecule has 1 unspecified atom stereocenters. The largest absolute Gasteiger partial charge is 0.329 e. The van der Waals surface area contributed by atoms with Crippen LogP contribution >= 0.6 is 34.5 Å². The van der Waals surface area contributed by atoms with Crippen molar-refractivity contribution in [3.05, 3.63) is 14.7 Å². The Morgan fingerprint density at radius 3 is 2.56 bits per heavy atom. The molecule has 0 bridgehead atoms. The van der Waals surface area contributed by atoms with E-state index in [1.54, 1.807) is 7.05 Å². The van der Waals surface area contributed by atoms with Crippen molar-refractivity contribution in [2.24, 2.45) is 11.7 Å². The second-order valence-electron chi connectivity index (χ2n) is 4.35. The maximum Gasteiger partial charge on any atom is 0.245 e. The maximum absolute atomic E-state index is 12.4. The van der Waals surface area contributed by atoms with Gasteiger partial charge in [-0.3, -0.25) is 0 Å². The van der Waals surface area contributed by atoms with Crippen LogP contribution in [0.15, 0.2) is 11.0 Å². The number of thiophene rings is 1. The molecular weight excluding hydrogens is 315 g/mol. The monoisotopic (exact) mass is 328 g/mol. The van der Waals surface area contributed by atoms with Gasteiger partial charge in [-0.15, -0.1) is 11.3 Å². The number of sulfonamides is 1. The smallest absolute Gasteiger partial charge is 0.245 e. The highest BCUT2D eigenvalue weighted by atomic mass is 35.5. The van der Waals surface area contributed by atoms with Gasteiger partial charge < -0.3 is 5.73 Å². The van der Waals surface area contributed by atoms with E-state index < -0.39 is 10.0 Å². The predicted octanol–water partition coefficient (Wildman–Crippen LogP) is 2.41. The quantitative estimate of drug-likeness (QED) is 0.902. The molecule has 1 heterocycles. The first-order valence-electron chi connectivity index (χ1n) is 5.51. The van der Waals surface area contributed by atoms with Crippen molar-refractivity contribution in [2.45, 2.75) is 23.8 Å². The number of nitrogens with zero attached hydrogens (tertiary/aromatic N) is 1. The number of halogens is 2. The maximum atomic E-state index is 12.4. The Hall–Kier alpha value is 0.150. The van der Waals surface area contributed by atoms with Crippen molar-refractivity contribution in [3.8, 4) is 0 Å². The SMILES string of the molecule is CN(C(CN)C1CC1)S(=O)(=O)c1cc(Cl)sc1Cl. The Bertz CT molecular complexity index is 540. The van der Waals surface area contributed by atoms with Crippen LogP contribution in [0.1, 0.15) is 12.8 Å². The molecule has 1 atom stereocenters. The molecule has 18 heavy (non-hydrogen) atoms. The van der Waals surface area contributed by atoms with Crippen molar-refractivity contribution >= 4 is 44.6 Å². The molecular formula is C10H14Cl2N2O2S2. The minimum absolute atomic E-state index is 0.0702. The van der Waals surface area contributed by atoms with E-state index >= 15 is 0 Å². The molecule has 0 radical (unpaired) electrons. The summed E-state index contributed by atoms with van der Waals surface area (Å²) in [7, 11) is -2.07. The molecule has 0 amide bonds. The Balaban J connectivity index is 2.32. The van der Waals surface area contributed by atoms with E-state index in [1.807, 2.05) is 0 Å². The van der Waals surface area contributed by atoms with Gasteiger partial charge in [0.05, 0.1) is 4.34 Å². The van der Waals surface area contributed by atoms with Gasteiger partial charge in [0, 0.05) is 19.6 Å². The summed E-state index contributed by atoms with van der Waals surface area (Å²) in [6, 6.07) is 1.23. The van der Waals surface area contributed by atoms with Gasteiger partial charge in [-0.2, -0.15) is 4.31 Å². The summed E-state index contributed by atoms with van der Waals surface area (Å²) in [6.07, 6.45) is 2.06. The first kappa shape index (κ1) is 14.6. The number of likely N-dealkylation sites (N-methyl/N-ethyl adjacent to an activating group) is 1. The van der Waals surface area contributed by atoms with E-state index in [2.05, 4.69) is 0 Å². The normalized spacial score (nSPS) is 18.3. The van der Waals surface area contributed by atoms with E-state index in [0.29, 0.717) is 16.8 Å². The molecule has 0 aromatic carbocycles. The molecule has 8 heteroatoms. The van der Waals surface area contributed by atoms with E-state index in [1.165, 1.54) is 10.4 Å². The fourth-order valence-electron chi connectivity index (χ4n) is 1.95. The van der Waals surface area contributed by atoms with Crippen LogP contribution in [0, 0.1) is 5.92 Å². The highest BCUT2D eigenvalue weighted by Gasteiger charge is 2.39. The molecule has 1 aromatic rings. The number of hydrogen-bond donors (Lipinski definition) is 1. The second-order valence-corrected chi connectivity index (χ2v) is 8.60. The fraction of sp³-hybridized carbons (Fsp3) is 0.600. The molecule has 0 spiro atoms. The van der Waals surface area contributed by atoms with Gasteiger partial charge in [0.15, 0.2) is 0 Å². The Kier molecular flexibility index (Phi) is 4.26. The summed E-state index contributed by atoms with van der Waals surface area (Å²) in [4.78, 5) is 0.0702. The Morgan fingerprint density at radius 1 is 1.56 bits per heavy atom. The zero-order valence-electron chi connectivity index (χ0n) is 9.77. The zero-order chi connectivity index (χ0) is 13.5. The molecule has 0 saturated heterocycles. The summed E-state index contributed by atoms with van der Waals surface area (Å²) < 4.78 is 26.8. The van der Waals surface area contributed by atoms with Crippen LogP contribution in [-0.2, 0) is 10.0 Å². The van der Waals surface area contributed by atoms with Crippen LogP contribution in [0.25, 0.3) is 0 Å². The van der Waals surface area contributed by atoms with E-state index in [0.717, 1.165) is 24.2 Å². The lowest BCUT2D eigenvalue weighted by molar-refractivity contribution is 0.340. The minimum atomic E-state index is -3.62. The molecule has 1 aliphatic rings. The topological polar surface area (TPSA) is 63.4 Å². The van der Waals surface area contributed by atoms with Gasteiger partial charge in [-0.25, -0.2) is 8.42 Å². The summed E-state index contributed by atoms with van der Waals surface area (Å²) in [5.74, 6) is 0.364. The second kappa shape index (κ2) is 5.26. The van der Waals surface area contributed by atoms with Crippen LogP contribution < -0.4 is 5.73 Å². The molecule has 1 saturated carbocycles. The number of hydrogen-bond acceptors (Lipinski definition) is 4. The molecule has 2 N–H and O–H groups in total. The average molecular weight is 329 g/mol. The van der Waals surface area contributed by atoms with Gasteiger partial charge in [0.25, 0.3) is 0 Å². The van der Waals surface area contributed by atoms with Gasteiger partial charge >= 0.3 is 0 Å². The molecule has 1 aliphatic carbocycles. The Labute approximate surface area is 121 Å². The van der Waals surface area contributed by atoms with Gasteiger partial charge in [0.2, 0.25) is 10.0 Å². The van der Waals surface area contributed by atoms with E-state index in [4.69, 9.17) is 28.9 Å². The Morgan fingerprint density at radius 2 is 2.17 bits per heavy atom. The predicted molar refractivity (Wildman–Crippen MR) is 74.9 cm³/mol. The zero-order valence-corrected chi connectivity index (χ0v) is 12.9. The summed E-state index contributed by atoms with van der Waals surface area (Å²) in [6.45, 7) is 0.315. The highest BCUT2D eigenvalue weighted by Crippen LogP contribution is 2.39. The third kappa shape index (κ3) is 2.69. The van der Waals surface area contributed by atoms with E-state index in [-0.39, 0.29) is 15.3 Å². The van der Waals surface area contributed by atoms with Crippen LogP contribution in [-0.4, -0.2) is 32.4 Å². The van der Waals surface area contributed by atoms with Crippen LogP contribution in [0.2, 0.25) is 8.67 Å². The van der Waals surface area contributed by atoms with Crippen molar-refractivity contribution in [1.29, 1.82) is 0 Å². The summed E-state index contributed by atoms with van der Waals surface area (Å²) in [5.41, 5.74) is 5.67. The van der Waals surface area contributed by atoms with Crippen LogP contribution in [0.4, 0.5) is 0 Å². The third-order valence-corrected chi connectivity index (χ3v) is 6.79. The van der Waals surface area contributed by atoms with Crippen molar-refractivity contribution in [3.63, 3.8) is 0 Å². The first-order valence-corrected chi connectivity index (χ1v) is 8.52. The lowest BCUT2D eigenvalue weighted by Gasteiger charge is -2.26. The van der Waals surface area contributed by atoms with E-state index in [9.17, 15) is 8.42 Å². The van der Waals surface area contributed by atoms with Crippen molar-refractivity contribution in [2.75, 3.05) is 13.6 Å². The third-order valence-electron chi connectivity index (χ3n) is 3.16.